The minimum Gasteiger partial charge on any atom is -0.466 e. The Hall–Kier alpha value is -0.650. The van der Waals surface area contributed by atoms with Crippen LogP contribution in [-0.2, 0) is 24.0 Å². The molecule has 15 heavy (non-hydrogen) atoms. The monoisotopic (exact) mass is 216 g/mol. The average Bonchev–Trinajstić information content (AvgIpc) is 2.38. The zero-order chi connectivity index (χ0) is 11.1. The van der Waals surface area contributed by atoms with Crippen molar-refractivity contribution in [1.29, 1.82) is 0 Å². The van der Waals surface area contributed by atoms with Crippen LogP contribution >= 0.6 is 0 Å². The summed E-state index contributed by atoms with van der Waals surface area (Å²) in [6.45, 7) is 5.65. The van der Waals surface area contributed by atoms with Gasteiger partial charge in [-0.1, -0.05) is 0 Å². The molecule has 2 bridgehead atoms. The summed E-state index contributed by atoms with van der Waals surface area (Å²) in [5.74, 6) is -2.41. The highest BCUT2D eigenvalue weighted by Gasteiger charge is 2.58. The van der Waals surface area contributed by atoms with E-state index in [4.69, 9.17) is 19.2 Å². The lowest BCUT2D eigenvalue weighted by Gasteiger charge is -2.35. The first-order valence-electron chi connectivity index (χ1n) is 5.23. The minimum absolute atomic E-state index is 0.285. The zero-order valence-corrected chi connectivity index (χ0v) is 9.24. The van der Waals surface area contributed by atoms with E-state index in [1.165, 1.54) is 0 Å². The molecule has 0 amide bonds. The van der Waals surface area contributed by atoms with Gasteiger partial charge in [0.25, 0.3) is 0 Å². The standard InChI is InChI=1S/C10H16O5/c1-4-12-8(11)7-5-6-9(2)13-10(7,3)15-14-9/h7H,4-6H2,1-3H3/t7-,9-,10+/m1/s1. The van der Waals surface area contributed by atoms with Gasteiger partial charge in [-0.2, -0.15) is 9.78 Å². The topological polar surface area (TPSA) is 54.0 Å². The summed E-state index contributed by atoms with van der Waals surface area (Å²) in [6, 6.07) is 0. The van der Waals surface area contributed by atoms with Crippen molar-refractivity contribution in [3.05, 3.63) is 0 Å². The van der Waals surface area contributed by atoms with Crippen molar-refractivity contribution in [2.24, 2.45) is 5.92 Å². The number of carbonyl (C=O) groups is 1. The van der Waals surface area contributed by atoms with E-state index in [2.05, 4.69) is 0 Å². The van der Waals surface area contributed by atoms with Gasteiger partial charge in [0.2, 0.25) is 11.6 Å². The van der Waals surface area contributed by atoms with Gasteiger partial charge in [0.15, 0.2) is 0 Å². The number of fused-ring (bicyclic) bond motifs is 2. The predicted octanol–water partition coefficient (Wildman–Crippen LogP) is 1.37. The molecule has 5 nitrogen and oxygen atoms in total. The number of carbonyl (C=O) groups excluding carboxylic acids is 1. The summed E-state index contributed by atoms with van der Waals surface area (Å²) < 4.78 is 10.6. The maximum absolute atomic E-state index is 11.7. The molecule has 0 aromatic rings. The third kappa shape index (κ3) is 1.75. The Morgan fingerprint density at radius 3 is 2.87 bits per heavy atom. The van der Waals surface area contributed by atoms with E-state index in [1.54, 1.807) is 20.8 Å². The lowest BCUT2D eigenvalue weighted by molar-refractivity contribution is -0.342. The van der Waals surface area contributed by atoms with E-state index >= 15 is 0 Å². The fourth-order valence-corrected chi connectivity index (χ4v) is 2.10. The highest BCUT2D eigenvalue weighted by Crippen LogP contribution is 2.47. The van der Waals surface area contributed by atoms with E-state index in [0.717, 1.165) is 0 Å². The van der Waals surface area contributed by atoms with Gasteiger partial charge < -0.3 is 9.47 Å². The van der Waals surface area contributed by atoms with Crippen molar-refractivity contribution in [3.8, 4) is 0 Å². The molecule has 2 rings (SSSR count). The maximum atomic E-state index is 11.7. The van der Waals surface area contributed by atoms with E-state index in [-0.39, 0.29) is 5.97 Å². The molecule has 0 aliphatic carbocycles. The second kappa shape index (κ2) is 3.43. The molecule has 0 radical (unpaired) electrons. The normalized spacial score (nSPS) is 44.1. The van der Waals surface area contributed by atoms with Crippen molar-refractivity contribution in [1.82, 2.24) is 0 Å². The number of esters is 1. The number of hydrogen-bond acceptors (Lipinski definition) is 5. The van der Waals surface area contributed by atoms with Crippen LogP contribution in [0.5, 0.6) is 0 Å². The second-order valence-electron chi connectivity index (χ2n) is 4.26. The fourth-order valence-electron chi connectivity index (χ4n) is 2.10. The van der Waals surface area contributed by atoms with Crippen molar-refractivity contribution in [2.45, 2.75) is 45.2 Å². The molecule has 0 aromatic carbocycles. The molecule has 0 saturated carbocycles. The Morgan fingerprint density at radius 1 is 1.47 bits per heavy atom. The van der Waals surface area contributed by atoms with E-state index < -0.39 is 17.5 Å². The van der Waals surface area contributed by atoms with Crippen LogP contribution in [0.3, 0.4) is 0 Å². The van der Waals surface area contributed by atoms with Gasteiger partial charge in [-0.25, -0.2) is 0 Å². The average molecular weight is 216 g/mol. The summed E-state index contributed by atoms with van der Waals surface area (Å²) >= 11 is 0. The molecule has 0 unspecified atom stereocenters. The Morgan fingerprint density at radius 2 is 2.20 bits per heavy atom. The molecule has 3 atom stereocenters. The molecule has 0 N–H and O–H groups in total. The quantitative estimate of drug-likeness (QED) is 0.515. The van der Waals surface area contributed by atoms with Gasteiger partial charge in [-0.05, 0) is 27.2 Å². The van der Waals surface area contributed by atoms with Crippen LogP contribution in [0.4, 0.5) is 0 Å². The molecule has 86 valence electrons. The minimum atomic E-state index is -1.00. The Kier molecular flexibility index (Phi) is 2.48. The van der Waals surface area contributed by atoms with Crippen LogP contribution in [0.25, 0.3) is 0 Å². The molecule has 0 spiro atoms. The van der Waals surface area contributed by atoms with E-state index in [9.17, 15) is 4.79 Å². The van der Waals surface area contributed by atoms with Gasteiger partial charge >= 0.3 is 5.97 Å². The molecule has 2 fully saturated rings. The van der Waals surface area contributed by atoms with Crippen LogP contribution in [0.1, 0.15) is 33.6 Å². The van der Waals surface area contributed by atoms with Crippen LogP contribution in [-0.4, -0.2) is 24.2 Å². The molecule has 5 heteroatoms. The third-order valence-electron chi connectivity index (χ3n) is 2.89. The van der Waals surface area contributed by atoms with E-state index in [1.807, 2.05) is 0 Å². The number of ether oxygens (including phenoxy) is 2. The van der Waals surface area contributed by atoms with Gasteiger partial charge in [-0.15, -0.1) is 0 Å². The first-order valence-corrected chi connectivity index (χ1v) is 5.23. The molecule has 2 saturated heterocycles. The second-order valence-corrected chi connectivity index (χ2v) is 4.26. The van der Waals surface area contributed by atoms with Gasteiger partial charge in [0.05, 0.1) is 6.61 Å². The molecule has 0 aromatic heterocycles. The van der Waals surface area contributed by atoms with Gasteiger partial charge in [0, 0.05) is 6.42 Å². The number of hydrogen-bond donors (Lipinski definition) is 0. The van der Waals surface area contributed by atoms with Crippen molar-refractivity contribution < 1.29 is 24.0 Å². The van der Waals surface area contributed by atoms with Crippen molar-refractivity contribution in [2.75, 3.05) is 6.61 Å². The zero-order valence-electron chi connectivity index (χ0n) is 9.24. The van der Waals surface area contributed by atoms with Crippen LogP contribution in [0, 0.1) is 5.92 Å². The predicted molar refractivity (Wildman–Crippen MR) is 49.4 cm³/mol. The number of rotatable bonds is 2. The Labute approximate surface area is 88.6 Å². The van der Waals surface area contributed by atoms with Crippen LogP contribution in [0.2, 0.25) is 0 Å². The van der Waals surface area contributed by atoms with Gasteiger partial charge in [0.1, 0.15) is 5.92 Å². The smallest absolute Gasteiger partial charge is 0.314 e. The molecule has 2 aliphatic rings. The molecule has 2 heterocycles. The first kappa shape index (κ1) is 10.9. The van der Waals surface area contributed by atoms with E-state index in [0.29, 0.717) is 19.4 Å². The highest BCUT2D eigenvalue weighted by atomic mass is 17.3. The Balaban J connectivity index is 2.12. The van der Waals surface area contributed by atoms with Gasteiger partial charge in [-0.3, -0.25) is 4.79 Å². The molecule has 2 aliphatic heterocycles. The molecular formula is C10H16O5. The first-order chi connectivity index (χ1) is 6.99. The third-order valence-corrected chi connectivity index (χ3v) is 2.89. The summed E-state index contributed by atoms with van der Waals surface area (Å²) in [5.41, 5.74) is 0. The van der Waals surface area contributed by atoms with Crippen molar-refractivity contribution in [3.63, 3.8) is 0 Å². The lowest BCUT2D eigenvalue weighted by atomic mass is 9.89. The van der Waals surface area contributed by atoms with Crippen LogP contribution < -0.4 is 0 Å². The highest BCUT2D eigenvalue weighted by molar-refractivity contribution is 5.73. The largest absolute Gasteiger partial charge is 0.466 e. The summed E-state index contributed by atoms with van der Waals surface area (Å²) in [7, 11) is 0. The van der Waals surface area contributed by atoms with Crippen molar-refractivity contribution >= 4 is 5.97 Å². The summed E-state index contributed by atoms with van der Waals surface area (Å²) in [5, 5.41) is 0. The SMILES string of the molecule is CCOC(=O)[C@H]1CC[C@@]2(C)OO[C@]1(C)O2. The van der Waals surface area contributed by atoms with Crippen LogP contribution in [0.15, 0.2) is 0 Å². The fraction of sp³-hybridized carbons (Fsp3) is 0.900. The summed E-state index contributed by atoms with van der Waals surface area (Å²) in [6.07, 6.45) is 1.29. The Bertz CT molecular complexity index is 279. The molecular weight excluding hydrogens is 200 g/mol. The lowest BCUT2D eigenvalue weighted by Crippen LogP contribution is -2.47. The maximum Gasteiger partial charge on any atom is 0.314 e. The summed E-state index contributed by atoms with van der Waals surface area (Å²) in [4.78, 5) is 21.9.